The molecule has 0 N–H and O–H groups in total. The minimum absolute atomic E-state index is 0.173. The molecule has 0 unspecified atom stereocenters. The maximum Gasteiger partial charge on any atom is 0.137 e. The third-order valence-electron chi connectivity index (χ3n) is 12.7. The van der Waals surface area contributed by atoms with E-state index in [9.17, 15) is 0 Å². The molecule has 0 aliphatic heterocycles. The zero-order valence-corrected chi connectivity index (χ0v) is 33.6. The van der Waals surface area contributed by atoms with Crippen molar-refractivity contribution >= 4 is 81.3 Å². The van der Waals surface area contributed by atoms with Crippen molar-refractivity contribution in [2.75, 3.05) is 4.90 Å². The summed E-state index contributed by atoms with van der Waals surface area (Å²) in [5.41, 5.74) is 13.3. The molecule has 0 saturated heterocycles. The molecule has 11 rings (SSSR count). The Morgan fingerprint density at radius 3 is 1.95 bits per heavy atom. The van der Waals surface area contributed by atoms with E-state index < -0.39 is 0 Å². The van der Waals surface area contributed by atoms with Gasteiger partial charge in [0.2, 0.25) is 0 Å². The van der Waals surface area contributed by atoms with E-state index in [0.717, 1.165) is 39.0 Å². The average molecular weight is 754 g/mol. The molecule has 1 aliphatic carbocycles. The van der Waals surface area contributed by atoms with Crippen LogP contribution in [-0.4, -0.2) is 0 Å². The molecule has 0 spiro atoms. The number of thiophene rings is 1. The largest absolute Gasteiger partial charge is 0.456 e. The molecule has 0 bridgehead atoms. The lowest BCUT2D eigenvalue weighted by Gasteiger charge is -2.41. The third kappa shape index (κ3) is 5.59. The quantitative estimate of drug-likeness (QED) is 0.174. The molecule has 57 heavy (non-hydrogen) atoms. The van der Waals surface area contributed by atoms with Gasteiger partial charge in [-0.2, -0.15) is 0 Å². The fourth-order valence-electron chi connectivity index (χ4n) is 9.42. The second-order valence-electron chi connectivity index (χ2n) is 17.2. The summed E-state index contributed by atoms with van der Waals surface area (Å²) >= 11 is 1.93. The number of furan rings is 1. The first-order valence-electron chi connectivity index (χ1n) is 20.1. The topological polar surface area (TPSA) is 16.4 Å². The molecule has 0 radical (unpaired) electrons. The van der Waals surface area contributed by atoms with Crippen LogP contribution in [0.1, 0.15) is 51.7 Å². The number of anilines is 3. The lowest BCUT2D eigenvalue weighted by molar-refractivity contribution is 0.332. The van der Waals surface area contributed by atoms with Crippen molar-refractivity contribution in [1.29, 1.82) is 0 Å². The molecule has 2 heterocycles. The van der Waals surface area contributed by atoms with Gasteiger partial charge < -0.3 is 9.32 Å². The number of hydrogen-bond donors (Lipinski definition) is 0. The van der Waals surface area contributed by atoms with E-state index in [1.165, 1.54) is 77.2 Å². The van der Waals surface area contributed by atoms with Crippen LogP contribution in [0.3, 0.4) is 0 Å². The van der Waals surface area contributed by atoms with Gasteiger partial charge in [0.25, 0.3) is 0 Å². The van der Waals surface area contributed by atoms with Crippen LogP contribution in [0.5, 0.6) is 0 Å². The number of hydrogen-bond acceptors (Lipinski definition) is 3. The number of benzene rings is 8. The Kier molecular flexibility index (Phi) is 7.59. The Bertz CT molecular complexity index is 3200. The van der Waals surface area contributed by atoms with Crippen LogP contribution >= 0.6 is 11.3 Å². The number of para-hydroxylation sites is 1. The third-order valence-corrected chi connectivity index (χ3v) is 13.8. The van der Waals surface area contributed by atoms with E-state index in [4.69, 9.17) is 4.42 Å². The Hall–Kier alpha value is -6.16. The van der Waals surface area contributed by atoms with Gasteiger partial charge in [-0.25, -0.2) is 0 Å². The number of fused-ring (bicyclic) bond motifs is 8. The second kappa shape index (κ2) is 12.7. The Morgan fingerprint density at radius 2 is 1.11 bits per heavy atom. The molecule has 1 aliphatic rings. The molecule has 8 aromatic carbocycles. The molecule has 10 aromatic rings. The van der Waals surface area contributed by atoms with E-state index in [1.54, 1.807) is 0 Å². The molecule has 2 nitrogen and oxygen atoms in total. The Morgan fingerprint density at radius 1 is 0.439 bits per heavy atom. The van der Waals surface area contributed by atoms with Crippen molar-refractivity contribution in [1.82, 2.24) is 0 Å². The molecule has 0 atom stereocenters. The minimum atomic E-state index is 0.173. The summed E-state index contributed by atoms with van der Waals surface area (Å²) < 4.78 is 9.16. The first kappa shape index (κ1) is 34.1. The van der Waals surface area contributed by atoms with Crippen LogP contribution in [0.25, 0.3) is 75.1 Å². The summed E-state index contributed by atoms with van der Waals surface area (Å²) in [4.78, 5) is 2.36. The van der Waals surface area contributed by atoms with Gasteiger partial charge in [0, 0.05) is 54.1 Å². The molecule has 0 saturated carbocycles. The van der Waals surface area contributed by atoms with Gasteiger partial charge >= 0.3 is 0 Å². The van der Waals surface area contributed by atoms with Crippen molar-refractivity contribution < 1.29 is 4.42 Å². The molecular formula is C54H43NOS. The normalized spacial score (nSPS) is 14.8. The highest BCUT2D eigenvalue weighted by atomic mass is 32.1. The average Bonchev–Trinajstić information content (AvgIpc) is 3.79. The predicted molar refractivity (Wildman–Crippen MR) is 245 cm³/mol. The van der Waals surface area contributed by atoms with Gasteiger partial charge in [0.15, 0.2) is 0 Å². The van der Waals surface area contributed by atoms with Crippen molar-refractivity contribution in [2.24, 2.45) is 0 Å². The molecule has 0 amide bonds. The van der Waals surface area contributed by atoms with Crippen molar-refractivity contribution in [3.8, 4) is 22.3 Å². The van der Waals surface area contributed by atoms with E-state index in [1.807, 2.05) is 23.5 Å². The molecule has 0 fully saturated rings. The van der Waals surface area contributed by atoms with E-state index in [-0.39, 0.29) is 10.8 Å². The molecule has 2 aromatic heterocycles. The standard InChI is InChI=1S/C54H43NOS/c1-53(2)26-27-54(3,4)48-33-52-46(32-47(48)53)45-30-37(20-25-51(45)57-52)41-18-11-15-36-29-39(21-23-42(36)41)55(38-16-10-14-35(28-38)34-12-6-5-7-13-34)40-22-24-44-43-17-8-9-19-49(43)56-50(44)31-40/h5-25,28-33H,26-27H2,1-4H3. The van der Waals surface area contributed by atoms with Crippen molar-refractivity contribution in [2.45, 2.75) is 51.4 Å². The lowest BCUT2D eigenvalue weighted by Crippen LogP contribution is -2.33. The zero-order valence-electron chi connectivity index (χ0n) is 32.8. The molecular weight excluding hydrogens is 711 g/mol. The van der Waals surface area contributed by atoms with E-state index in [2.05, 4.69) is 184 Å². The smallest absolute Gasteiger partial charge is 0.137 e. The summed E-state index contributed by atoms with van der Waals surface area (Å²) in [5.74, 6) is 0. The maximum absolute atomic E-state index is 6.41. The van der Waals surface area contributed by atoms with E-state index >= 15 is 0 Å². The van der Waals surface area contributed by atoms with Crippen LogP contribution in [0.4, 0.5) is 17.1 Å². The number of nitrogens with zero attached hydrogens (tertiary/aromatic N) is 1. The Labute approximate surface area is 337 Å². The minimum Gasteiger partial charge on any atom is -0.456 e. The fourth-order valence-corrected chi connectivity index (χ4v) is 10.5. The zero-order chi connectivity index (χ0) is 38.5. The van der Waals surface area contributed by atoms with Gasteiger partial charge in [-0.15, -0.1) is 11.3 Å². The maximum atomic E-state index is 6.41. The Balaban J connectivity index is 1.05. The summed E-state index contributed by atoms with van der Waals surface area (Å²) in [7, 11) is 0. The van der Waals surface area contributed by atoms with Gasteiger partial charge in [-0.05, 0) is 135 Å². The van der Waals surface area contributed by atoms with Crippen LogP contribution < -0.4 is 4.90 Å². The highest BCUT2D eigenvalue weighted by molar-refractivity contribution is 7.25. The first-order valence-corrected chi connectivity index (χ1v) is 20.9. The predicted octanol–water partition coefficient (Wildman–Crippen LogP) is 16.3. The fraction of sp³-hybridized carbons (Fsp3) is 0.148. The molecule has 276 valence electrons. The van der Waals surface area contributed by atoms with Crippen LogP contribution in [0.2, 0.25) is 0 Å². The summed E-state index contributed by atoms with van der Waals surface area (Å²) in [6.45, 7) is 9.69. The number of rotatable bonds is 5. The monoisotopic (exact) mass is 753 g/mol. The van der Waals surface area contributed by atoms with Gasteiger partial charge in [-0.3, -0.25) is 0 Å². The van der Waals surface area contributed by atoms with Crippen LogP contribution in [0, 0.1) is 0 Å². The second-order valence-corrected chi connectivity index (χ2v) is 18.3. The highest BCUT2D eigenvalue weighted by Crippen LogP contribution is 2.50. The van der Waals surface area contributed by atoms with Gasteiger partial charge in [0.05, 0.1) is 0 Å². The highest BCUT2D eigenvalue weighted by Gasteiger charge is 2.37. The molecule has 3 heteroatoms. The summed E-state index contributed by atoms with van der Waals surface area (Å²) in [6.07, 6.45) is 2.44. The SMILES string of the molecule is CC1(C)CCC(C)(C)c2cc3c(cc21)sc1ccc(-c2cccc4cc(N(c5cccc(-c6ccccc6)c5)c5ccc6c(c5)oc5ccccc56)ccc24)cc13. The summed E-state index contributed by atoms with van der Waals surface area (Å²) in [5, 5.41) is 7.44. The van der Waals surface area contributed by atoms with Gasteiger partial charge in [-0.1, -0.05) is 119 Å². The van der Waals surface area contributed by atoms with Gasteiger partial charge in [0.1, 0.15) is 11.2 Å². The first-order chi connectivity index (χ1) is 27.7. The lowest BCUT2D eigenvalue weighted by atomic mass is 9.63. The van der Waals surface area contributed by atoms with Crippen LogP contribution in [0.15, 0.2) is 168 Å². The van der Waals surface area contributed by atoms with E-state index in [0.29, 0.717) is 0 Å². The van der Waals surface area contributed by atoms with Crippen molar-refractivity contribution in [3.63, 3.8) is 0 Å². The van der Waals surface area contributed by atoms with Crippen LogP contribution in [-0.2, 0) is 10.8 Å². The summed E-state index contributed by atoms with van der Waals surface area (Å²) in [6, 6.07) is 60.2. The van der Waals surface area contributed by atoms with Crippen molar-refractivity contribution in [3.05, 3.63) is 175 Å².